The van der Waals surface area contributed by atoms with Crippen molar-refractivity contribution in [1.29, 1.82) is 0 Å². The van der Waals surface area contributed by atoms with Gasteiger partial charge in [0.15, 0.2) is 17.7 Å². The van der Waals surface area contributed by atoms with Crippen LogP contribution in [0.2, 0.25) is 0 Å². The summed E-state index contributed by atoms with van der Waals surface area (Å²) in [6, 6.07) is 0. The summed E-state index contributed by atoms with van der Waals surface area (Å²) in [7, 11) is 1.90. The molecule has 0 aliphatic carbocycles. The molecule has 4 N–H and O–H groups in total. The Morgan fingerprint density at radius 1 is 1.16 bits per heavy atom. The topological polar surface area (TPSA) is 161 Å². The number of nitrogen functional groups attached to an aromatic ring is 1. The molecule has 2 heterocycles. The van der Waals surface area contributed by atoms with Crippen molar-refractivity contribution < 1.29 is 23.8 Å². The summed E-state index contributed by atoms with van der Waals surface area (Å²) in [6.07, 6.45) is 5.27. The number of nitrogens with two attached hydrogens (primary N) is 2. The summed E-state index contributed by atoms with van der Waals surface area (Å²) in [6.45, 7) is 4.05. The van der Waals surface area contributed by atoms with Crippen LogP contribution in [0.15, 0.2) is 24.8 Å². The number of nitrogens with zero attached hydrogens (tertiary/aromatic N) is 5. The van der Waals surface area contributed by atoms with Gasteiger partial charge in [-0.05, 0) is 7.05 Å². The summed E-state index contributed by atoms with van der Waals surface area (Å²) in [5.74, 6) is -0.671. The molecule has 0 fully saturated rings. The number of carbonyl (C=O) groups excluding carboxylic acids is 2. The van der Waals surface area contributed by atoms with Gasteiger partial charge in [-0.1, -0.05) is 12.2 Å². The molecule has 2 rings (SSSR count). The highest BCUT2D eigenvalue weighted by Crippen LogP contribution is 2.21. The minimum atomic E-state index is -0.781. The minimum absolute atomic E-state index is 0.0145. The molecule has 0 bridgehead atoms. The number of ether oxygens (including phenoxy) is 3. The molecule has 0 saturated carbocycles. The summed E-state index contributed by atoms with van der Waals surface area (Å²) in [4.78, 5) is 37.1. The lowest BCUT2D eigenvalue weighted by molar-refractivity contribution is -0.160. The van der Waals surface area contributed by atoms with Crippen LogP contribution in [0.1, 0.15) is 20.1 Å². The van der Waals surface area contributed by atoms with Crippen molar-refractivity contribution in [1.82, 2.24) is 24.4 Å². The van der Waals surface area contributed by atoms with Crippen LogP contribution in [0.5, 0.6) is 0 Å². The van der Waals surface area contributed by atoms with Crippen molar-refractivity contribution in [3.05, 3.63) is 24.8 Å². The Bertz CT molecular complexity index is 901. The SMILES string of the molecule is CC(=O)OC[C@@H](CN(C)C/C=C\CN)O[C@H](COC(C)=O)n1cnc2c(N)ncnc21. The van der Waals surface area contributed by atoms with E-state index >= 15 is 0 Å². The molecule has 12 nitrogen and oxygen atoms in total. The number of esters is 2. The minimum Gasteiger partial charge on any atom is -0.463 e. The van der Waals surface area contributed by atoms with Crippen LogP contribution in [0.3, 0.4) is 0 Å². The number of aromatic nitrogens is 4. The van der Waals surface area contributed by atoms with E-state index in [9.17, 15) is 9.59 Å². The van der Waals surface area contributed by atoms with Crippen LogP contribution in [0.4, 0.5) is 5.82 Å². The fourth-order valence-corrected chi connectivity index (χ4v) is 2.79. The molecule has 0 aromatic carbocycles. The van der Waals surface area contributed by atoms with Gasteiger partial charge < -0.3 is 30.6 Å². The number of imidazole rings is 1. The lowest BCUT2D eigenvalue weighted by atomic mass is 10.3. The van der Waals surface area contributed by atoms with Crippen molar-refractivity contribution in [2.75, 3.05) is 45.6 Å². The standard InChI is InChI=1S/C19H29N7O5/c1-13(27)29-9-15(8-25(3)7-5-4-6-20)31-16(10-30-14(2)28)26-12-24-17-18(21)22-11-23-19(17)26/h4-5,11-12,15-16H,6-10,20H2,1-3H3,(H2,21,22,23)/b5-4-/t15-,16-/m1/s1. The molecule has 2 atom stereocenters. The predicted molar refractivity (Wildman–Crippen MR) is 113 cm³/mol. The summed E-state index contributed by atoms with van der Waals surface area (Å²) in [5, 5.41) is 0. The number of carbonyl (C=O) groups is 2. The van der Waals surface area contributed by atoms with Crippen molar-refractivity contribution in [3.63, 3.8) is 0 Å². The Labute approximate surface area is 180 Å². The molecule has 0 unspecified atom stereocenters. The van der Waals surface area contributed by atoms with Crippen LogP contribution in [-0.2, 0) is 23.8 Å². The molecule has 0 spiro atoms. The van der Waals surface area contributed by atoms with E-state index in [-0.39, 0.29) is 19.0 Å². The Kier molecular flexibility index (Phi) is 9.31. The highest BCUT2D eigenvalue weighted by atomic mass is 16.6. The van der Waals surface area contributed by atoms with E-state index in [1.807, 2.05) is 24.1 Å². The highest BCUT2D eigenvalue weighted by Gasteiger charge is 2.24. The first-order valence-electron chi connectivity index (χ1n) is 9.70. The highest BCUT2D eigenvalue weighted by molar-refractivity contribution is 5.81. The fraction of sp³-hybridized carbons (Fsp3) is 0.526. The van der Waals surface area contributed by atoms with E-state index in [1.54, 1.807) is 4.57 Å². The van der Waals surface area contributed by atoms with Gasteiger partial charge >= 0.3 is 11.9 Å². The zero-order chi connectivity index (χ0) is 22.8. The number of fused-ring (bicyclic) bond motifs is 1. The third kappa shape index (κ3) is 7.59. The van der Waals surface area contributed by atoms with E-state index in [2.05, 4.69) is 15.0 Å². The van der Waals surface area contributed by atoms with Crippen molar-refractivity contribution in [2.24, 2.45) is 5.73 Å². The van der Waals surface area contributed by atoms with Crippen LogP contribution < -0.4 is 11.5 Å². The maximum Gasteiger partial charge on any atom is 0.302 e. The molecule has 2 aromatic rings. The Morgan fingerprint density at radius 2 is 1.87 bits per heavy atom. The van der Waals surface area contributed by atoms with Gasteiger partial charge in [-0.2, -0.15) is 0 Å². The molecule has 170 valence electrons. The van der Waals surface area contributed by atoms with Gasteiger partial charge in [0, 0.05) is 33.5 Å². The number of rotatable bonds is 12. The van der Waals surface area contributed by atoms with Crippen molar-refractivity contribution >= 4 is 28.9 Å². The average Bonchev–Trinajstić information content (AvgIpc) is 3.14. The zero-order valence-electron chi connectivity index (χ0n) is 17.9. The lowest BCUT2D eigenvalue weighted by Crippen LogP contribution is -2.38. The molecule has 0 aliphatic rings. The van der Waals surface area contributed by atoms with Crippen LogP contribution in [0.25, 0.3) is 11.2 Å². The second-order valence-corrected chi connectivity index (χ2v) is 6.83. The molecule has 0 aliphatic heterocycles. The Hall–Kier alpha value is -3.09. The maximum absolute atomic E-state index is 11.4. The Morgan fingerprint density at radius 3 is 2.55 bits per heavy atom. The third-order valence-electron chi connectivity index (χ3n) is 4.18. The van der Waals surface area contributed by atoms with Gasteiger partial charge in [0.1, 0.15) is 31.2 Å². The van der Waals surface area contributed by atoms with E-state index in [4.69, 9.17) is 25.7 Å². The summed E-state index contributed by atoms with van der Waals surface area (Å²) < 4.78 is 18.2. The van der Waals surface area contributed by atoms with E-state index in [0.717, 1.165) is 0 Å². The van der Waals surface area contributed by atoms with Gasteiger partial charge in [-0.25, -0.2) is 15.0 Å². The molecular formula is C19H29N7O5. The van der Waals surface area contributed by atoms with Gasteiger partial charge in [0.2, 0.25) is 0 Å². The van der Waals surface area contributed by atoms with Crippen LogP contribution in [-0.4, -0.2) is 82.4 Å². The molecule has 0 saturated heterocycles. The van der Waals surface area contributed by atoms with Crippen LogP contribution in [0, 0.1) is 0 Å². The Balaban J connectivity index is 2.25. The molecule has 0 amide bonds. The smallest absolute Gasteiger partial charge is 0.302 e. The third-order valence-corrected chi connectivity index (χ3v) is 4.18. The summed E-state index contributed by atoms with van der Waals surface area (Å²) in [5.41, 5.74) is 12.2. The largest absolute Gasteiger partial charge is 0.463 e. The monoisotopic (exact) mass is 435 g/mol. The maximum atomic E-state index is 11.4. The van der Waals surface area contributed by atoms with E-state index in [0.29, 0.717) is 30.8 Å². The number of hydrogen-bond acceptors (Lipinski definition) is 11. The predicted octanol–water partition coefficient (Wildman–Crippen LogP) is -0.135. The first-order valence-corrected chi connectivity index (χ1v) is 9.70. The number of likely N-dealkylation sites (N-methyl/N-ethyl adjacent to an activating group) is 1. The second-order valence-electron chi connectivity index (χ2n) is 6.83. The number of hydrogen-bond donors (Lipinski definition) is 2. The lowest BCUT2D eigenvalue weighted by Gasteiger charge is -2.28. The van der Waals surface area contributed by atoms with Gasteiger partial charge in [-0.15, -0.1) is 0 Å². The molecule has 0 radical (unpaired) electrons. The van der Waals surface area contributed by atoms with Gasteiger partial charge in [-0.3, -0.25) is 14.2 Å². The molecular weight excluding hydrogens is 406 g/mol. The zero-order valence-corrected chi connectivity index (χ0v) is 17.9. The van der Waals surface area contributed by atoms with E-state index in [1.165, 1.54) is 26.5 Å². The molecule has 2 aromatic heterocycles. The average molecular weight is 435 g/mol. The van der Waals surface area contributed by atoms with Gasteiger partial charge in [0.05, 0.1) is 6.33 Å². The second kappa shape index (κ2) is 11.9. The number of anilines is 1. The fourth-order valence-electron chi connectivity index (χ4n) is 2.79. The summed E-state index contributed by atoms with van der Waals surface area (Å²) >= 11 is 0. The first kappa shape index (κ1) is 24.2. The van der Waals surface area contributed by atoms with Gasteiger partial charge in [0.25, 0.3) is 0 Å². The van der Waals surface area contributed by atoms with Crippen LogP contribution >= 0.6 is 0 Å². The molecule has 12 heteroatoms. The van der Waals surface area contributed by atoms with Crippen molar-refractivity contribution in [2.45, 2.75) is 26.2 Å². The molecule has 31 heavy (non-hydrogen) atoms. The first-order chi connectivity index (χ1) is 14.8. The normalized spacial score (nSPS) is 13.6. The van der Waals surface area contributed by atoms with Crippen molar-refractivity contribution in [3.8, 4) is 0 Å². The quantitative estimate of drug-likeness (QED) is 0.337. The van der Waals surface area contributed by atoms with E-state index < -0.39 is 24.3 Å².